The second-order valence-electron chi connectivity index (χ2n) is 6.04. The van der Waals surface area contributed by atoms with Crippen LogP contribution < -0.4 is 0 Å². The van der Waals surface area contributed by atoms with Crippen LogP contribution >= 0.6 is 27.5 Å². The first-order chi connectivity index (χ1) is 11.1. The smallest absolute Gasteiger partial charge is 0.255 e. The highest BCUT2D eigenvalue weighted by molar-refractivity contribution is 9.10. The molecule has 0 saturated carbocycles. The van der Waals surface area contributed by atoms with E-state index in [1.165, 1.54) is 11.1 Å². The molecule has 0 unspecified atom stereocenters. The van der Waals surface area contributed by atoms with Crippen LogP contribution in [0.5, 0.6) is 0 Å². The minimum atomic E-state index is -0.356. The van der Waals surface area contributed by atoms with Gasteiger partial charge in [-0.1, -0.05) is 51.8 Å². The summed E-state index contributed by atoms with van der Waals surface area (Å²) in [7, 11) is 0. The molecule has 0 bridgehead atoms. The van der Waals surface area contributed by atoms with Crippen LogP contribution in [0.2, 0.25) is 5.02 Å². The number of fused-ring (bicyclic) bond motifs is 2. The van der Waals surface area contributed by atoms with Crippen molar-refractivity contribution >= 4 is 33.4 Å². The molecule has 2 aliphatic heterocycles. The fraction of sp³-hybridized carbons (Fsp3) is 0.278. The van der Waals surface area contributed by atoms with Crippen molar-refractivity contribution in [2.24, 2.45) is 0 Å². The summed E-state index contributed by atoms with van der Waals surface area (Å²) in [5.74, 6) is -0.0406. The van der Waals surface area contributed by atoms with Crippen LogP contribution in [-0.4, -0.2) is 23.9 Å². The summed E-state index contributed by atoms with van der Waals surface area (Å²) in [6.07, 6.45) is 0.821. The van der Waals surface area contributed by atoms with Gasteiger partial charge < -0.3 is 9.64 Å². The Morgan fingerprint density at radius 3 is 2.96 bits per heavy atom. The van der Waals surface area contributed by atoms with Crippen LogP contribution in [0.1, 0.15) is 27.9 Å². The Morgan fingerprint density at radius 1 is 1.26 bits per heavy atom. The maximum Gasteiger partial charge on any atom is 0.255 e. The lowest BCUT2D eigenvalue weighted by atomic mass is 9.92. The number of carbonyl (C=O) groups is 1. The third-order valence-electron chi connectivity index (χ3n) is 4.69. The molecule has 0 aromatic heterocycles. The van der Waals surface area contributed by atoms with Gasteiger partial charge in [0.25, 0.3) is 5.91 Å². The summed E-state index contributed by atoms with van der Waals surface area (Å²) in [6.45, 7) is 1.87. The Hall–Kier alpha value is -1.36. The van der Waals surface area contributed by atoms with Crippen LogP contribution in [0.25, 0.3) is 0 Å². The van der Waals surface area contributed by atoms with Crippen molar-refractivity contribution in [2.75, 3.05) is 13.1 Å². The molecule has 0 radical (unpaired) electrons. The molecular formula is C18H15BrClNO2. The quantitative estimate of drug-likeness (QED) is 0.721. The van der Waals surface area contributed by atoms with Crippen molar-refractivity contribution in [3.8, 4) is 0 Å². The Bertz CT molecular complexity index is 794. The van der Waals surface area contributed by atoms with Gasteiger partial charge in [0.2, 0.25) is 0 Å². The van der Waals surface area contributed by atoms with E-state index in [0.717, 1.165) is 10.9 Å². The van der Waals surface area contributed by atoms with E-state index in [0.29, 0.717) is 30.3 Å². The molecular weight excluding hydrogens is 378 g/mol. The van der Waals surface area contributed by atoms with Crippen LogP contribution in [-0.2, 0) is 16.9 Å². The van der Waals surface area contributed by atoms with E-state index in [1.807, 2.05) is 23.1 Å². The first kappa shape index (κ1) is 15.2. The topological polar surface area (TPSA) is 29.5 Å². The van der Waals surface area contributed by atoms with Crippen LogP contribution in [0.15, 0.2) is 46.9 Å². The fourth-order valence-corrected chi connectivity index (χ4v) is 4.07. The lowest BCUT2D eigenvalue weighted by Crippen LogP contribution is -2.34. The van der Waals surface area contributed by atoms with E-state index in [2.05, 4.69) is 28.1 Å². The highest BCUT2D eigenvalue weighted by atomic mass is 79.9. The maximum atomic E-state index is 12.8. The molecule has 1 saturated heterocycles. The minimum absolute atomic E-state index is 0.0406. The van der Waals surface area contributed by atoms with Crippen molar-refractivity contribution in [1.29, 1.82) is 0 Å². The van der Waals surface area contributed by atoms with Gasteiger partial charge in [0.1, 0.15) is 5.60 Å². The molecule has 4 rings (SSSR count). The van der Waals surface area contributed by atoms with E-state index in [4.69, 9.17) is 16.3 Å². The number of hydrogen-bond donors (Lipinski definition) is 0. The summed E-state index contributed by atoms with van der Waals surface area (Å²) in [6, 6.07) is 13.6. The standard InChI is InChI=1S/C18H15BrClNO2/c19-13-5-6-16(20)14(9-13)17(22)21-8-7-18(11-21)15-4-2-1-3-12(15)10-23-18/h1-6,9H,7-8,10-11H2/t18-/m0/s1. The predicted octanol–water partition coefficient (Wildman–Crippen LogP) is 4.37. The van der Waals surface area contributed by atoms with Crippen molar-refractivity contribution < 1.29 is 9.53 Å². The number of ether oxygens (including phenoxy) is 1. The minimum Gasteiger partial charge on any atom is -0.364 e. The van der Waals surface area contributed by atoms with Gasteiger partial charge in [0.05, 0.1) is 23.7 Å². The highest BCUT2D eigenvalue weighted by Gasteiger charge is 2.46. The molecule has 3 nitrogen and oxygen atoms in total. The third-order valence-corrected chi connectivity index (χ3v) is 5.51. The molecule has 0 aliphatic carbocycles. The van der Waals surface area contributed by atoms with Gasteiger partial charge in [-0.2, -0.15) is 0 Å². The van der Waals surface area contributed by atoms with Crippen molar-refractivity contribution in [3.63, 3.8) is 0 Å². The molecule has 23 heavy (non-hydrogen) atoms. The Kier molecular flexibility index (Phi) is 3.71. The Balaban J connectivity index is 1.62. The highest BCUT2D eigenvalue weighted by Crippen LogP contribution is 2.43. The summed E-state index contributed by atoms with van der Waals surface area (Å²) >= 11 is 9.60. The second-order valence-corrected chi connectivity index (χ2v) is 7.36. The number of likely N-dealkylation sites (tertiary alicyclic amines) is 1. The zero-order chi connectivity index (χ0) is 16.0. The van der Waals surface area contributed by atoms with Gasteiger partial charge in [0, 0.05) is 11.0 Å². The van der Waals surface area contributed by atoms with Crippen molar-refractivity contribution in [1.82, 2.24) is 4.90 Å². The largest absolute Gasteiger partial charge is 0.364 e. The number of amides is 1. The molecule has 1 spiro atoms. The van der Waals surface area contributed by atoms with E-state index in [1.54, 1.807) is 12.1 Å². The average molecular weight is 393 g/mol. The first-order valence-corrected chi connectivity index (χ1v) is 8.73. The molecule has 1 fully saturated rings. The van der Waals surface area contributed by atoms with E-state index < -0.39 is 0 Å². The van der Waals surface area contributed by atoms with Crippen molar-refractivity contribution in [3.05, 3.63) is 68.7 Å². The number of rotatable bonds is 1. The van der Waals surface area contributed by atoms with Gasteiger partial charge >= 0.3 is 0 Å². The van der Waals surface area contributed by atoms with Crippen molar-refractivity contribution in [2.45, 2.75) is 18.6 Å². The van der Waals surface area contributed by atoms with Gasteiger partial charge in [0.15, 0.2) is 0 Å². The first-order valence-electron chi connectivity index (χ1n) is 7.56. The Morgan fingerprint density at radius 2 is 2.09 bits per heavy atom. The zero-order valence-corrected chi connectivity index (χ0v) is 14.7. The molecule has 2 heterocycles. The lowest BCUT2D eigenvalue weighted by molar-refractivity contribution is -0.0282. The molecule has 1 atom stereocenters. The van der Waals surface area contributed by atoms with E-state index in [-0.39, 0.29) is 11.5 Å². The molecule has 2 aromatic carbocycles. The lowest BCUT2D eigenvalue weighted by Gasteiger charge is -2.25. The monoisotopic (exact) mass is 391 g/mol. The molecule has 2 aromatic rings. The van der Waals surface area contributed by atoms with Gasteiger partial charge in [-0.25, -0.2) is 0 Å². The Labute approximate surface area is 148 Å². The molecule has 1 amide bonds. The number of halogens is 2. The maximum absolute atomic E-state index is 12.8. The zero-order valence-electron chi connectivity index (χ0n) is 12.4. The molecule has 5 heteroatoms. The molecule has 0 N–H and O–H groups in total. The summed E-state index contributed by atoms with van der Waals surface area (Å²) in [5.41, 5.74) is 2.62. The summed E-state index contributed by atoms with van der Waals surface area (Å²) in [5, 5.41) is 0.479. The second kappa shape index (κ2) is 5.62. The van der Waals surface area contributed by atoms with Crippen LogP contribution in [0.4, 0.5) is 0 Å². The van der Waals surface area contributed by atoms with Gasteiger partial charge in [-0.3, -0.25) is 4.79 Å². The predicted molar refractivity (Wildman–Crippen MR) is 92.6 cm³/mol. The van der Waals surface area contributed by atoms with Crippen LogP contribution in [0, 0.1) is 0 Å². The van der Waals surface area contributed by atoms with Gasteiger partial charge in [-0.15, -0.1) is 0 Å². The van der Waals surface area contributed by atoms with Gasteiger partial charge in [-0.05, 0) is 35.7 Å². The summed E-state index contributed by atoms with van der Waals surface area (Å²) in [4.78, 5) is 14.7. The van der Waals surface area contributed by atoms with E-state index >= 15 is 0 Å². The fourth-order valence-electron chi connectivity index (χ4n) is 3.51. The van der Waals surface area contributed by atoms with E-state index in [9.17, 15) is 4.79 Å². The number of carbonyl (C=O) groups excluding carboxylic acids is 1. The molecule has 2 aliphatic rings. The third kappa shape index (κ3) is 2.49. The SMILES string of the molecule is O=C(c1cc(Br)ccc1Cl)N1CC[C@@]2(C1)OCc1ccccc12. The number of hydrogen-bond acceptors (Lipinski definition) is 2. The average Bonchev–Trinajstić information content (AvgIpc) is 3.15. The molecule has 118 valence electrons. The number of nitrogens with zero attached hydrogens (tertiary/aromatic N) is 1. The van der Waals surface area contributed by atoms with Crippen LogP contribution in [0.3, 0.4) is 0 Å². The normalized spacial score (nSPS) is 22.6. The summed E-state index contributed by atoms with van der Waals surface area (Å²) < 4.78 is 6.95. The number of benzene rings is 2.